The predicted octanol–water partition coefficient (Wildman–Crippen LogP) is 8.09. The summed E-state index contributed by atoms with van der Waals surface area (Å²) in [5.74, 6) is -0.573. The Bertz CT molecular complexity index is 1180. The highest BCUT2D eigenvalue weighted by Gasteiger charge is 2.40. The first-order chi connectivity index (χ1) is 19.5. The number of alkyl carbamates (subject to hydrolysis) is 1. The van der Waals surface area contributed by atoms with Gasteiger partial charge in [0.2, 0.25) is 5.91 Å². The molecule has 2 aromatic rings. The lowest BCUT2D eigenvalue weighted by atomic mass is 9.94. The van der Waals surface area contributed by atoms with Crippen LogP contribution in [0.1, 0.15) is 97.9 Å². The van der Waals surface area contributed by atoms with Gasteiger partial charge in [-0.1, -0.05) is 82.6 Å². The second-order valence-electron chi connectivity index (χ2n) is 12.9. The van der Waals surface area contributed by atoms with Crippen molar-refractivity contribution < 1.29 is 19.1 Å². The molecule has 0 spiro atoms. The molecular weight excluding hydrogens is 550 g/mol. The zero-order chi connectivity index (χ0) is 31.8. The number of hydrogen-bond donors (Lipinski definition) is 2. The van der Waals surface area contributed by atoms with E-state index in [0.717, 1.165) is 24.0 Å². The SMILES string of the molecule is CCc1ccc(C(C(=O)Nc2c(C)cccc2Cl)N(C(=O)C(NC(=O)OC(C)(C)C)C(C)C)C(C)CCC(C)C)cc1. The van der Waals surface area contributed by atoms with Crippen molar-refractivity contribution in [3.8, 4) is 0 Å². The lowest BCUT2D eigenvalue weighted by molar-refractivity contribution is -0.144. The van der Waals surface area contributed by atoms with Gasteiger partial charge in [-0.25, -0.2) is 4.79 Å². The molecule has 7 nitrogen and oxygen atoms in total. The van der Waals surface area contributed by atoms with Crippen LogP contribution in [0.2, 0.25) is 5.02 Å². The largest absolute Gasteiger partial charge is 0.444 e. The van der Waals surface area contributed by atoms with Gasteiger partial charge in [-0.2, -0.15) is 0 Å². The maximum atomic E-state index is 14.6. The van der Waals surface area contributed by atoms with Crippen LogP contribution < -0.4 is 10.6 Å². The Balaban J connectivity index is 2.67. The fourth-order valence-electron chi connectivity index (χ4n) is 4.78. The molecule has 0 fully saturated rings. The van der Waals surface area contributed by atoms with Crippen LogP contribution in [-0.4, -0.2) is 40.5 Å². The van der Waals surface area contributed by atoms with Crippen molar-refractivity contribution in [3.63, 3.8) is 0 Å². The summed E-state index contributed by atoms with van der Waals surface area (Å²) < 4.78 is 5.50. The molecule has 2 N–H and O–H groups in total. The van der Waals surface area contributed by atoms with Crippen molar-refractivity contribution in [3.05, 3.63) is 64.2 Å². The molecule has 2 aromatic carbocycles. The van der Waals surface area contributed by atoms with Gasteiger partial charge in [-0.15, -0.1) is 0 Å². The van der Waals surface area contributed by atoms with E-state index in [1.807, 2.05) is 64.1 Å². The van der Waals surface area contributed by atoms with E-state index >= 15 is 0 Å². The summed E-state index contributed by atoms with van der Waals surface area (Å²) in [6.45, 7) is 19.2. The molecule has 3 amide bonds. The van der Waals surface area contributed by atoms with Gasteiger partial charge in [-0.05, 0) is 88.5 Å². The average molecular weight is 600 g/mol. The van der Waals surface area contributed by atoms with Crippen LogP contribution >= 0.6 is 11.6 Å². The quantitative estimate of drug-likeness (QED) is 0.258. The summed E-state index contributed by atoms with van der Waals surface area (Å²) in [5, 5.41) is 6.24. The Labute approximate surface area is 257 Å². The highest BCUT2D eigenvalue weighted by molar-refractivity contribution is 6.34. The van der Waals surface area contributed by atoms with Crippen LogP contribution in [0, 0.1) is 18.8 Å². The number of hydrogen-bond acceptors (Lipinski definition) is 4. The standard InChI is InChI=1S/C34H50ClN3O4/c1-11-25-17-19-26(20-18-25)30(31(39)36-29-23(6)13-12-14-27(29)35)38(24(7)16-15-21(2)3)32(40)28(22(4)5)37-33(41)42-34(8,9)10/h12-14,17-22,24,28,30H,11,15-16H2,1-10H3,(H,36,39)(H,37,41). The number of carbonyl (C=O) groups excluding carboxylic acids is 3. The maximum absolute atomic E-state index is 14.6. The van der Waals surface area contributed by atoms with Crippen LogP contribution in [0.15, 0.2) is 42.5 Å². The fraction of sp³-hybridized carbons (Fsp3) is 0.559. The summed E-state index contributed by atoms with van der Waals surface area (Å²) >= 11 is 6.50. The van der Waals surface area contributed by atoms with E-state index < -0.39 is 23.8 Å². The molecule has 42 heavy (non-hydrogen) atoms. The second-order valence-corrected chi connectivity index (χ2v) is 13.3. The molecule has 0 aliphatic carbocycles. The highest BCUT2D eigenvalue weighted by atomic mass is 35.5. The number of anilines is 1. The van der Waals surface area contributed by atoms with E-state index in [2.05, 4.69) is 31.4 Å². The Morgan fingerprint density at radius 1 is 0.952 bits per heavy atom. The smallest absolute Gasteiger partial charge is 0.408 e. The van der Waals surface area contributed by atoms with Crippen molar-refractivity contribution in [2.45, 2.75) is 112 Å². The Hall–Kier alpha value is -3.06. The van der Waals surface area contributed by atoms with E-state index in [1.54, 1.807) is 31.7 Å². The molecule has 0 aliphatic rings. The van der Waals surface area contributed by atoms with Gasteiger partial charge in [0.15, 0.2) is 0 Å². The second kappa shape index (κ2) is 15.4. The van der Waals surface area contributed by atoms with Gasteiger partial charge in [0.25, 0.3) is 5.91 Å². The number of nitrogens with one attached hydrogen (secondary N) is 2. The molecule has 0 aromatic heterocycles. The summed E-state index contributed by atoms with van der Waals surface area (Å²) in [4.78, 5) is 43.3. The number of halogens is 1. The van der Waals surface area contributed by atoms with Gasteiger partial charge in [0.1, 0.15) is 17.7 Å². The zero-order valence-corrected chi connectivity index (χ0v) is 27.8. The van der Waals surface area contributed by atoms with Gasteiger partial charge < -0.3 is 20.3 Å². The van der Waals surface area contributed by atoms with E-state index in [1.165, 1.54) is 0 Å². The molecule has 3 atom stereocenters. The third kappa shape index (κ3) is 10.0. The topological polar surface area (TPSA) is 87.7 Å². The maximum Gasteiger partial charge on any atom is 0.408 e. The van der Waals surface area contributed by atoms with Gasteiger partial charge in [0.05, 0.1) is 10.7 Å². The molecule has 0 radical (unpaired) electrons. The molecule has 0 heterocycles. The van der Waals surface area contributed by atoms with Crippen LogP contribution in [0.3, 0.4) is 0 Å². The van der Waals surface area contributed by atoms with Crippen molar-refractivity contribution in [1.29, 1.82) is 0 Å². The third-order valence-electron chi connectivity index (χ3n) is 7.20. The molecule has 0 saturated heterocycles. The number of ether oxygens (including phenoxy) is 1. The summed E-state index contributed by atoms with van der Waals surface area (Å²) in [6, 6.07) is 11.0. The van der Waals surface area contributed by atoms with Gasteiger partial charge in [0, 0.05) is 6.04 Å². The summed E-state index contributed by atoms with van der Waals surface area (Å²) in [5.41, 5.74) is 2.40. The lowest BCUT2D eigenvalue weighted by Gasteiger charge is -2.39. The first-order valence-corrected chi connectivity index (χ1v) is 15.4. The van der Waals surface area contributed by atoms with E-state index in [-0.39, 0.29) is 23.8 Å². The zero-order valence-electron chi connectivity index (χ0n) is 27.0. The monoisotopic (exact) mass is 599 g/mol. The number of carbonyl (C=O) groups is 3. The number of rotatable bonds is 12. The normalized spacial score (nSPS) is 13.8. The van der Waals surface area contributed by atoms with Crippen molar-refractivity contribution in [2.24, 2.45) is 11.8 Å². The molecule has 3 unspecified atom stereocenters. The summed E-state index contributed by atoms with van der Waals surface area (Å²) in [7, 11) is 0. The number of para-hydroxylation sites is 1. The number of benzene rings is 2. The third-order valence-corrected chi connectivity index (χ3v) is 7.51. The molecule has 2 rings (SSSR count). The highest BCUT2D eigenvalue weighted by Crippen LogP contribution is 2.32. The first-order valence-electron chi connectivity index (χ1n) is 15.0. The van der Waals surface area contributed by atoms with Crippen LogP contribution in [0.4, 0.5) is 10.5 Å². The fourth-order valence-corrected chi connectivity index (χ4v) is 5.05. The van der Waals surface area contributed by atoms with Crippen molar-refractivity contribution in [2.75, 3.05) is 5.32 Å². The molecular formula is C34H50ClN3O4. The first kappa shape index (κ1) is 35.1. The number of aryl methyl sites for hydroxylation is 2. The lowest BCUT2D eigenvalue weighted by Crippen LogP contribution is -2.56. The number of amides is 3. The van der Waals surface area contributed by atoms with Crippen LogP contribution in [0.5, 0.6) is 0 Å². The van der Waals surface area contributed by atoms with Crippen LogP contribution in [0.25, 0.3) is 0 Å². The molecule has 232 valence electrons. The molecule has 0 saturated carbocycles. The minimum Gasteiger partial charge on any atom is -0.444 e. The van der Waals surface area contributed by atoms with Gasteiger partial charge >= 0.3 is 6.09 Å². The van der Waals surface area contributed by atoms with Crippen molar-refractivity contribution >= 4 is 35.2 Å². The Kier molecular flexibility index (Phi) is 12.9. The van der Waals surface area contributed by atoms with E-state index in [4.69, 9.17) is 16.3 Å². The molecule has 8 heteroatoms. The average Bonchev–Trinajstić information content (AvgIpc) is 2.89. The van der Waals surface area contributed by atoms with Gasteiger partial charge in [-0.3, -0.25) is 9.59 Å². The molecule has 0 aliphatic heterocycles. The Morgan fingerprint density at radius 2 is 1.57 bits per heavy atom. The Morgan fingerprint density at radius 3 is 2.07 bits per heavy atom. The molecule has 0 bridgehead atoms. The summed E-state index contributed by atoms with van der Waals surface area (Å²) in [6.07, 6.45) is 1.72. The minimum atomic E-state index is -0.970. The van der Waals surface area contributed by atoms with E-state index in [9.17, 15) is 14.4 Å². The predicted molar refractivity (Wildman–Crippen MR) is 172 cm³/mol. The van der Waals surface area contributed by atoms with E-state index in [0.29, 0.717) is 28.6 Å². The van der Waals surface area contributed by atoms with Crippen molar-refractivity contribution in [1.82, 2.24) is 10.2 Å². The van der Waals surface area contributed by atoms with Crippen LogP contribution in [-0.2, 0) is 20.7 Å². The number of nitrogens with zero attached hydrogens (tertiary/aromatic N) is 1. The minimum absolute atomic E-state index is 0.262.